The Kier molecular flexibility index (Phi) is 4.75. The number of hydrogen-bond acceptors (Lipinski definition) is 4. The van der Waals surface area contributed by atoms with E-state index in [1.165, 1.54) is 18.8 Å². The smallest absolute Gasteiger partial charge is 0.345 e. The van der Waals surface area contributed by atoms with Crippen LogP contribution in [-0.2, 0) is 11.0 Å². The average Bonchev–Trinajstić information content (AvgIpc) is 2.99. The van der Waals surface area contributed by atoms with E-state index in [4.69, 9.17) is 11.1 Å². The van der Waals surface area contributed by atoms with Crippen LogP contribution in [0.3, 0.4) is 0 Å². The molecule has 3 atom stereocenters. The Labute approximate surface area is 157 Å². The molecule has 0 aliphatic carbocycles. The standard InChI is InChI=1S/C17H18F4N4OS/c1-16(11-5-6-12(22)27-11)13(14(26)25(2)15(23)24-16)8-3-4-9(10(18)7-8)17(19,20)21/h3-5,7,12-13H,6,22H2,1-2H3,(H2,23,24)/t12?,13?,16-/m1/s1. The fourth-order valence-electron chi connectivity index (χ4n) is 3.39. The van der Waals surface area contributed by atoms with Gasteiger partial charge in [-0.3, -0.25) is 15.1 Å². The van der Waals surface area contributed by atoms with E-state index < -0.39 is 34.9 Å². The molecule has 1 saturated heterocycles. The van der Waals surface area contributed by atoms with Gasteiger partial charge in [0.05, 0.1) is 22.4 Å². The summed E-state index contributed by atoms with van der Waals surface area (Å²) >= 11 is 1.32. The van der Waals surface area contributed by atoms with Crippen LogP contribution in [0.25, 0.3) is 0 Å². The van der Waals surface area contributed by atoms with E-state index in [0.717, 1.165) is 17.0 Å². The van der Waals surface area contributed by atoms with Gasteiger partial charge in [-0.1, -0.05) is 12.1 Å². The number of guanidine groups is 1. The van der Waals surface area contributed by atoms with E-state index in [-0.39, 0.29) is 16.9 Å². The highest BCUT2D eigenvalue weighted by Gasteiger charge is 2.51. The number of likely N-dealkylation sites (N-methyl/N-ethyl adjacent to an activating group) is 1. The SMILES string of the molecule is CN1C(=N)N[C@](C)(C2=CCC(N)S2)C(c2ccc(C(F)(F)F)c(F)c2)C1=O. The molecule has 0 radical (unpaired) electrons. The molecule has 2 unspecified atom stereocenters. The number of carbonyl (C=O) groups is 1. The van der Waals surface area contributed by atoms with Crippen LogP contribution in [0.15, 0.2) is 29.2 Å². The van der Waals surface area contributed by atoms with Crippen molar-refractivity contribution in [1.82, 2.24) is 10.2 Å². The van der Waals surface area contributed by atoms with Crippen LogP contribution in [0.2, 0.25) is 0 Å². The van der Waals surface area contributed by atoms with Crippen LogP contribution in [0.4, 0.5) is 17.6 Å². The third-order valence-electron chi connectivity index (χ3n) is 4.83. The molecule has 1 fully saturated rings. The van der Waals surface area contributed by atoms with E-state index in [0.29, 0.717) is 17.4 Å². The number of thioether (sulfide) groups is 1. The molecular weight excluding hydrogens is 384 g/mol. The lowest BCUT2D eigenvalue weighted by atomic mass is 9.77. The molecule has 2 aliphatic rings. The van der Waals surface area contributed by atoms with Crippen molar-refractivity contribution in [2.45, 2.75) is 36.4 Å². The number of nitrogens with two attached hydrogens (primary N) is 1. The Morgan fingerprint density at radius 2 is 2.07 bits per heavy atom. The van der Waals surface area contributed by atoms with Crippen molar-refractivity contribution in [2.75, 3.05) is 7.05 Å². The summed E-state index contributed by atoms with van der Waals surface area (Å²) in [5.41, 5.74) is 3.50. The summed E-state index contributed by atoms with van der Waals surface area (Å²) in [6.45, 7) is 1.67. The van der Waals surface area contributed by atoms with Gasteiger partial charge in [0.15, 0.2) is 5.96 Å². The molecule has 0 aromatic heterocycles. The molecule has 1 aromatic carbocycles. The van der Waals surface area contributed by atoms with E-state index in [2.05, 4.69) is 5.32 Å². The summed E-state index contributed by atoms with van der Waals surface area (Å²) in [6.07, 6.45) is -2.43. The quantitative estimate of drug-likeness (QED) is 0.665. The maximum Gasteiger partial charge on any atom is 0.419 e. The molecule has 0 spiro atoms. The minimum Gasteiger partial charge on any atom is -0.345 e. The molecule has 146 valence electrons. The number of hydrogen-bond donors (Lipinski definition) is 3. The highest BCUT2D eigenvalue weighted by Crippen LogP contribution is 2.46. The van der Waals surface area contributed by atoms with Crippen LogP contribution in [0.1, 0.15) is 30.4 Å². The van der Waals surface area contributed by atoms with Gasteiger partial charge in [0.1, 0.15) is 5.82 Å². The van der Waals surface area contributed by atoms with Crippen molar-refractivity contribution >= 4 is 23.6 Å². The van der Waals surface area contributed by atoms with Crippen LogP contribution in [0.5, 0.6) is 0 Å². The molecule has 5 nitrogen and oxygen atoms in total. The van der Waals surface area contributed by atoms with Gasteiger partial charge in [-0.25, -0.2) is 4.39 Å². The van der Waals surface area contributed by atoms with Crippen LogP contribution < -0.4 is 11.1 Å². The topological polar surface area (TPSA) is 82.2 Å². The number of rotatable bonds is 2. The first kappa shape index (κ1) is 19.7. The van der Waals surface area contributed by atoms with Gasteiger partial charge in [-0.2, -0.15) is 13.2 Å². The molecule has 27 heavy (non-hydrogen) atoms. The van der Waals surface area contributed by atoms with Crippen molar-refractivity contribution in [3.8, 4) is 0 Å². The Morgan fingerprint density at radius 3 is 2.59 bits per heavy atom. The first-order chi connectivity index (χ1) is 12.4. The minimum atomic E-state index is -4.82. The van der Waals surface area contributed by atoms with Crippen molar-refractivity contribution in [3.05, 3.63) is 46.1 Å². The number of nitrogens with one attached hydrogen (secondary N) is 2. The lowest BCUT2D eigenvalue weighted by molar-refractivity contribution is -0.140. The van der Waals surface area contributed by atoms with Crippen LogP contribution >= 0.6 is 11.8 Å². The Bertz CT molecular complexity index is 841. The van der Waals surface area contributed by atoms with E-state index in [9.17, 15) is 22.4 Å². The highest BCUT2D eigenvalue weighted by molar-refractivity contribution is 8.04. The summed E-state index contributed by atoms with van der Waals surface area (Å²) in [7, 11) is 1.38. The third-order valence-corrected chi connectivity index (χ3v) is 6.17. The number of alkyl halides is 3. The lowest BCUT2D eigenvalue weighted by Crippen LogP contribution is -2.64. The van der Waals surface area contributed by atoms with Gasteiger partial charge in [-0.15, -0.1) is 11.8 Å². The van der Waals surface area contributed by atoms with Crippen LogP contribution in [0, 0.1) is 11.2 Å². The van der Waals surface area contributed by atoms with Gasteiger partial charge in [-0.05, 0) is 31.0 Å². The number of halogens is 4. The van der Waals surface area contributed by atoms with Crippen molar-refractivity contribution in [2.24, 2.45) is 5.73 Å². The summed E-state index contributed by atoms with van der Waals surface area (Å²) in [5, 5.41) is 10.7. The zero-order valence-electron chi connectivity index (χ0n) is 14.5. The third kappa shape index (κ3) is 3.31. The van der Waals surface area contributed by atoms with Gasteiger partial charge in [0.25, 0.3) is 0 Å². The van der Waals surface area contributed by atoms with Crippen molar-refractivity contribution < 1.29 is 22.4 Å². The van der Waals surface area contributed by atoms with Gasteiger partial charge < -0.3 is 11.1 Å². The summed E-state index contributed by atoms with van der Waals surface area (Å²) in [5.74, 6) is -3.11. The minimum absolute atomic E-state index is 0.0989. The number of carbonyl (C=O) groups excluding carboxylic acids is 1. The molecule has 2 aliphatic heterocycles. The number of amides is 1. The summed E-state index contributed by atoms with van der Waals surface area (Å²) in [6, 6.07) is 2.49. The van der Waals surface area contributed by atoms with Crippen molar-refractivity contribution in [3.63, 3.8) is 0 Å². The van der Waals surface area contributed by atoms with Crippen molar-refractivity contribution in [1.29, 1.82) is 5.41 Å². The molecule has 2 heterocycles. The maximum absolute atomic E-state index is 14.1. The molecule has 10 heteroatoms. The average molecular weight is 402 g/mol. The van der Waals surface area contributed by atoms with Crippen LogP contribution in [-0.4, -0.2) is 34.7 Å². The summed E-state index contributed by atoms with van der Waals surface area (Å²) < 4.78 is 52.8. The first-order valence-electron chi connectivity index (χ1n) is 8.09. The Balaban J connectivity index is 2.10. The number of benzene rings is 1. The molecule has 3 rings (SSSR count). The molecule has 0 saturated carbocycles. The molecule has 1 amide bonds. The fourth-order valence-corrected chi connectivity index (χ4v) is 4.52. The van der Waals surface area contributed by atoms with E-state index in [1.54, 1.807) is 6.92 Å². The molecule has 0 bridgehead atoms. The Morgan fingerprint density at radius 1 is 1.41 bits per heavy atom. The zero-order chi connectivity index (χ0) is 20.1. The second-order valence-electron chi connectivity index (χ2n) is 6.70. The van der Waals surface area contributed by atoms with Gasteiger partial charge in [0, 0.05) is 12.0 Å². The largest absolute Gasteiger partial charge is 0.419 e. The second-order valence-corrected chi connectivity index (χ2v) is 7.98. The maximum atomic E-state index is 14.1. The lowest BCUT2D eigenvalue weighted by Gasteiger charge is -2.46. The summed E-state index contributed by atoms with van der Waals surface area (Å²) in [4.78, 5) is 14.7. The normalized spacial score (nSPS) is 29.0. The second kappa shape index (κ2) is 6.52. The zero-order valence-corrected chi connectivity index (χ0v) is 15.3. The predicted molar refractivity (Wildman–Crippen MR) is 94.4 cm³/mol. The Hall–Kier alpha value is -2.07. The first-order valence-corrected chi connectivity index (χ1v) is 8.97. The molecule has 1 aromatic rings. The van der Waals surface area contributed by atoms with Gasteiger partial charge >= 0.3 is 6.18 Å². The van der Waals surface area contributed by atoms with E-state index in [1.807, 2.05) is 6.08 Å². The predicted octanol–water partition coefficient (Wildman–Crippen LogP) is 2.99. The highest BCUT2D eigenvalue weighted by atomic mass is 32.2. The van der Waals surface area contributed by atoms with E-state index >= 15 is 0 Å². The molecule has 4 N–H and O–H groups in total. The van der Waals surface area contributed by atoms with Gasteiger partial charge in [0.2, 0.25) is 5.91 Å². The molecular formula is C17H18F4N4OS. The monoisotopic (exact) mass is 402 g/mol. The fraction of sp³-hybridized carbons (Fsp3) is 0.412. The number of nitrogens with zero attached hydrogens (tertiary/aromatic N) is 1.